The first-order valence-corrected chi connectivity index (χ1v) is 10.3. The second kappa shape index (κ2) is 8.95. The van der Waals surface area contributed by atoms with Crippen LogP contribution in [0.4, 0.5) is 0 Å². The summed E-state index contributed by atoms with van der Waals surface area (Å²) in [6, 6.07) is 12.3. The Kier molecular flexibility index (Phi) is 5.94. The molecule has 0 radical (unpaired) electrons. The van der Waals surface area contributed by atoms with Gasteiger partial charge in [-0.15, -0.1) is 5.10 Å². The zero-order valence-electron chi connectivity index (χ0n) is 15.6. The van der Waals surface area contributed by atoms with E-state index in [2.05, 4.69) is 44.2 Å². The Morgan fingerprint density at radius 2 is 1.86 bits per heavy atom. The molecule has 0 unspecified atom stereocenters. The maximum Gasteiger partial charge on any atom is 0.246 e. The van der Waals surface area contributed by atoms with Gasteiger partial charge in [-0.25, -0.2) is 4.68 Å². The summed E-state index contributed by atoms with van der Waals surface area (Å²) in [5.74, 6) is 0.0350. The minimum absolute atomic E-state index is 0.0350. The fourth-order valence-corrected chi connectivity index (χ4v) is 3.93. The van der Waals surface area contributed by atoms with Crippen molar-refractivity contribution in [1.29, 1.82) is 0 Å². The molecule has 0 bridgehead atoms. The van der Waals surface area contributed by atoms with Crippen molar-refractivity contribution in [2.75, 3.05) is 26.2 Å². The molecule has 0 N–H and O–H groups in total. The molecule has 1 aliphatic rings. The Labute approximate surface area is 168 Å². The first kappa shape index (κ1) is 18.6. The fraction of sp³-hybridized carbons (Fsp3) is 0.286. The molecule has 7 heteroatoms. The standard InChI is InChI=1S/C21H23N5OS/c27-21(25-11-9-24(10-12-25)14-19-8-13-28-17-19)7-6-20-16-26(23-22-20)15-18-4-2-1-3-5-18/h1-8,13,16-17H,9-12,14-15H2/b7-6+. The lowest BCUT2D eigenvalue weighted by Gasteiger charge is -2.34. The molecule has 28 heavy (non-hydrogen) atoms. The monoisotopic (exact) mass is 393 g/mol. The van der Waals surface area contributed by atoms with Gasteiger partial charge < -0.3 is 4.90 Å². The maximum absolute atomic E-state index is 12.5. The van der Waals surface area contributed by atoms with Crippen LogP contribution in [0.3, 0.4) is 0 Å². The number of rotatable bonds is 6. The maximum atomic E-state index is 12.5. The summed E-state index contributed by atoms with van der Waals surface area (Å²) in [5, 5.41) is 12.6. The molecule has 1 aliphatic heterocycles. The van der Waals surface area contributed by atoms with E-state index in [-0.39, 0.29) is 5.91 Å². The predicted molar refractivity (Wildman–Crippen MR) is 111 cm³/mol. The summed E-state index contributed by atoms with van der Waals surface area (Å²) in [7, 11) is 0. The van der Waals surface area contributed by atoms with Gasteiger partial charge in [-0.1, -0.05) is 35.5 Å². The van der Waals surface area contributed by atoms with E-state index in [9.17, 15) is 4.79 Å². The topological polar surface area (TPSA) is 54.3 Å². The molecule has 0 spiro atoms. The van der Waals surface area contributed by atoms with Gasteiger partial charge in [-0.05, 0) is 34.0 Å². The molecule has 1 fully saturated rings. The molecule has 3 aromatic rings. The number of nitrogens with zero attached hydrogens (tertiary/aromatic N) is 5. The smallest absolute Gasteiger partial charge is 0.246 e. The summed E-state index contributed by atoms with van der Waals surface area (Å²) >= 11 is 1.73. The van der Waals surface area contributed by atoms with Crippen molar-refractivity contribution in [2.24, 2.45) is 0 Å². The van der Waals surface area contributed by atoms with Crippen LogP contribution in [0.15, 0.2) is 59.4 Å². The van der Waals surface area contributed by atoms with E-state index in [0.29, 0.717) is 12.2 Å². The third-order valence-corrected chi connectivity index (χ3v) is 5.54. The third kappa shape index (κ3) is 4.94. The van der Waals surface area contributed by atoms with Crippen LogP contribution in [0.1, 0.15) is 16.8 Å². The molecule has 2 aromatic heterocycles. The Morgan fingerprint density at radius 3 is 2.61 bits per heavy atom. The van der Waals surface area contributed by atoms with Crippen molar-refractivity contribution < 1.29 is 4.79 Å². The number of thiophene rings is 1. The zero-order valence-corrected chi connectivity index (χ0v) is 16.5. The van der Waals surface area contributed by atoms with Gasteiger partial charge in [0.2, 0.25) is 5.91 Å². The molecular formula is C21H23N5OS. The van der Waals surface area contributed by atoms with E-state index >= 15 is 0 Å². The highest BCUT2D eigenvalue weighted by molar-refractivity contribution is 7.07. The molecule has 3 heterocycles. The molecule has 0 aliphatic carbocycles. The number of aromatic nitrogens is 3. The summed E-state index contributed by atoms with van der Waals surface area (Å²) < 4.78 is 1.78. The number of benzene rings is 1. The van der Waals surface area contributed by atoms with Crippen LogP contribution in [-0.2, 0) is 17.9 Å². The van der Waals surface area contributed by atoms with Gasteiger partial charge in [0.15, 0.2) is 0 Å². The van der Waals surface area contributed by atoms with Crippen molar-refractivity contribution in [1.82, 2.24) is 24.8 Å². The quantitative estimate of drug-likeness (QED) is 0.605. The average molecular weight is 394 g/mol. The first-order chi connectivity index (χ1) is 13.8. The van der Waals surface area contributed by atoms with E-state index in [1.165, 1.54) is 11.1 Å². The number of carbonyl (C=O) groups excluding carboxylic acids is 1. The minimum atomic E-state index is 0.0350. The minimum Gasteiger partial charge on any atom is -0.337 e. The summed E-state index contributed by atoms with van der Waals surface area (Å²) in [4.78, 5) is 16.8. The van der Waals surface area contributed by atoms with Crippen LogP contribution < -0.4 is 0 Å². The molecule has 1 aromatic carbocycles. The highest BCUT2D eigenvalue weighted by atomic mass is 32.1. The fourth-order valence-electron chi connectivity index (χ4n) is 3.27. The zero-order chi connectivity index (χ0) is 19.2. The Balaban J connectivity index is 1.26. The molecule has 1 saturated heterocycles. The Hall–Kier alpha value is -2.77. The van der Waals surface area contributed by atoms with Crippen molar-refractivity contribution in [3.05, 3.63) is 76.3 Å². The van der Waals surface area contributed by atoms with Crippen LogP contribution in [0, 0.1) is 0 Å². The van der Waals surface area contributed by atoms with E-state index in [0.717, 1.165) is 32.7 Å². The molecular weight excluding hydrogens is 370 g/mol. The van der Waals surface area contributed by atoms with E-state index in [4.69, 9.17) is 0 Å². The normalized spacial score (nSPS) is 15.4. The largest absolute Gasteiger partial charge is 0.337 e. The van der Waals surface area contributed by atoms with E-state index in [1.807, 2.05) is 29.3 Å². The van der Waals surface area contributed by atoms with Crippen LogP contribution >= 0.6 is 11.3 Å². The lowest BCUT2D eigenvalue weighted by Crippen LogP contribution is -2.47. The summed E-state index contributed by atoms with van der Waals surface area (Å²) in [6.45, 7) is 4.96. The summed E-state index contributed by atoms with van der Waals surface area (Å²) in [5.41, 5.74) is 3.21. The van der Waals surface area contributed by atoms with Crippen molar-refractivity contribution in [3.8, 4) is 0 Å². The number of carbonyl (C=O) groups is 1. The number of piperazine rings is 1. The van der Waals surface area contributed by atoms with Gasteiger partial charge >= 0.3 is 0 Å². The molecule has 1 amide bonds. The highest BCUT2D eigenvalue weighted by Gasteiger charge is 2.19. The van der Waals surface area contributed by atoms with Gasteiger partial charge in [-0.3, -0.25) is 9.69 Å². The average Bonchev–Trinajstić information content (AvgIpc) is 3.40. The number of hydrogen-bond donors (Lipinski definition) is 0. The van der Waals surface area contributed by atoms with Crippen molar-refractivity contribution >= 4 is 23.3 Å². The van der Waals surface area contributed by atoms with Crippen LogP contribution in [0.2, 0.25) is 0 Å². The predicted octanol–water partition coefficient (Wildman–Crippen LogP) is 2.75. The molecule has 144 valence electrons. The van der Waals surface area contributed by atoms with E-state index in [1.54, 1.807) is 28.2 Å². The molecule has 4 rings (SSSR count). The lowest BCUT2D eigenvalue weighted by molar-refractivity contribution is -0.127. The Morgan fingerprint density at radius 1 is 1.04 bits per heavy atom. The lowest BCUT2D eigenvalue weighted by atomic mass is 10.2. The van der Waals surface area contributed by atoms with Crippen LogP contribution in [-0.4, -0.2) is 56.9 Å². The van der Waals surface area contributed by atoms with Gasteiger partial charge in [0, 0.05) is 38.8 Å². The second-order valence-electron chi connectivity index (χ2n) is 6.89. The molecule has 6 nitrogen and oxygen atoms in total. The third-order valence-electron chi connectivity index (χ3n) is 4.81. The molecule has 0 saturated carbocycles. The van der Waals surface area contributed by atoms with Crippen LogP contribution in [0.5, 0.6) is 0 Å². The Bertz CT molecular complexity index is 911. The SMILES string of the molecule is O=C(/C=C/c1cn(Cc2ccccc2)nn1)N1CCN(Cc2ccsc2)CC1. The van der Waals surface area contributed by atoms with Gasteiger partial charge in [0.25, 0.3) is 0 Å². The first-order valence-electron chi connectivity index (χ1n) is 9.41. The van der Waals surface area contributed by atoms with Crippen molar-refractivity contribution in [2.45, 2.75) is 13.1 Å². The number of amides is 1. The summed E-state index contributed by atoms with van der Waals surface area (Å²) in [6.07, 6.45) is 5.20. The van der Waals surface area contributed by atoms with E-state index < -0.39 is 0 Å². The number of hydrogen-bond acceptors (Lipinski definition) is 5. The molecule has 0 atom stereocenters. The highest BCUT2D eigenvalue weighted by Crippen LogP contribution is 2.12. The second-order valence-corrected chi connectivity index (χ2v) is 7.67. The van der Waals surface area contributed by atoms with Gasteiger partial charge in [-0.2, -0.15) is 11.3 Å². The van der Waals surface area contributed by atoms with Crippen molar-refractivity contribution in [3.63, 3.8) is 0 Å². The van der Waals surface area contributed by atoms with Gasteiger partial charge in [0.05, 0.1) is 12.7 Å². The van der Waals surface area contributed by atoms with Crippen LogP contribution in [0.25, 0.3) is 6.08 Å². The van der Waals surface area contributed by atoms with Gasteiger partial charge in [0.1, 0.15) is 5.69 Å².